The van der Waals surface area contributed by atoms with Crippen molar-refractivity contribution in [2.75, 3.05) is 0 Å². The average Bonchev–Trinajstić information content (AvgIpc) is 2.87. The van der Waals surface area contributed by atoms with Gasteiger partial charge in [-0.25, -0.2) is 4.98 Å². The zero-order valence-electron chi connectivity index (χ0n) is 10.9. The maximum Gasteiger partial charge on any atom is 0.252 e. The Morgan fingerprint density at radius 1 is 1.47 bits per heavy atom. The van der Waals surface area contributed by atoms with Gasteiger partial charge in [0.05, 0.1) is 12.7 Å². The number of benzene rings is 1. The van der Waals surface area contributed by atoms with Gasteiger partial charge in [-0.15, -0.1) is 0 Å². The van der Waals surface area contributed by atoms with E-state index in [1.165, 1.54) is 0 Å². The molecule has 1 amide bonds. The number of carbonyl (C=O) groups is 1. The molecule has 0 aliphatic carbocycles. The van der Waals surface area contributed by atoms with E-state index >= 15 is 0 Å². The minimum Gasteiger partial charge on any atom is -0.444 e. The summed E-state index contributed by atoms with van der Waals surface area (Å²) < 4.78 is 6.32. The van der Waals surface area contributed by atoms with Crippen LogP contribution in [0.4, 0.5) is 0 Å². The molecule has 0 aliphatic rings. The first kappa shape index (κ1) is 13.8. The number of nitrogens with one attached hydrogen (secondary N) is 1. The molecule has 2 rings (SSSR count). The van der Waals surface area contributed by atoms with Crippen LogP contribution in [0.15, 0.2) is 33.3 Å². The highest BCUT2D eigenvalue weighted by Crippen LogP contribution is 2.16. The number of aryl methyl sites for hydroxylation is 2. The Hall–Kier alpha value is -1.62. The number of oxazole rings is 1. The van der Waals surface area contributed by atoms with Crippen LogP contribution in [-0.2, 0) is 13.0 Å². The quantitative estimate of drug-likeness (QED) is 0.940. The van der Waals surface area contributed by atoms with Crippen molar-refractivity contribution in [2.24, 2.45) is 0 Å². The van der Waals surface area contributed by atoms with Gasteiger partial charge in [-0.1, -0.05) is 28.9 Å². The predicted octanol–water partition coefficient (Wildman–Crippen LogP) is 3.24. The van der Waals surface area contributed by atoms with Crippen LogP contribution in [0.2, 0.25) is 0 Å². The molecule has 0 fully saturated rings. The van der Waals surface area contributed by atoms with Crippen LogP contribution in [0, 0.1) is 6.92 Å². The van der Waals surface area contributed by atoms with Crippen molar-refractivity contribution in [1.82, 2.24) is 10.3 Å². The Morgan fingerprint density at radius 2 is 2.26 bits per heavy atom. The molecule has 4 nitrogen and oxygen atoms in total. The molecule has 1 N–H and O–H groups in total. The van der Waals surface area contributed by atoms with Gasteiger partial charge in [-0.2, -0.15) is 0 Å². The molecule has 100 valence electrons. The van der Waals surface area contributed by atoms with Gasteiger partial charge in [0, 0.05) is 16.5 Å². The van der Waals surface area contributed by atoms with E-state index in [-0.39, 0.29) is 5.91 Å². The normalized spacial score (nSPS) is 10.5. The lowest BCUT2D eigenvalue weighted by atomic mass is 10.1. The summed E-state index contributed by atoms with van der Waals surface area (Å²) in [5.74, 6) is 1.22. The monoisotopic (exact) mass is 322 g/mol. The number of nitrogens with zero attached hydrogens (tertiary/aromatic N) is 1. The minimum atomic E-state index is -0.130. The molecular weight excluding hydrogens is 308 g/mol. The van der Waals surface area contributed by atoms with E-state index in [1.54, 1.807) is 12.3 Å². The predicted molar refractivity (Wildman–Crippen MR) is 75.9 cm³/mol. The van der Waals surface area contributed by atoms with Crippen molar-refractivity contribution in [3.63, 3.8) is 0 Å². The summed E-state index contributed by atoms with van der Waals surface area (Å²) >= 11 is 3.36. The molecule has 0 saturated carbocycles. The van der Waals surface area contributed by atoms with E-state index in [0.717, 1.165) is 22.2 Å². The van der Waals surface area contributed by atoms with Crippen LogP contribution in [0.3, 0.4) is 0 Å². The zero-order chi connectivity index (χ0) is 13.8. The SMILES string of the molecule is CCc1cnc(CNC(=O)c2cc(Br)ccc2C)o1. The van der Waals surface area contributed by atoms with Crippen LogP contribution in [0.25, 0.3) is 0 Å². The highest BCUT2D eigenvalue weighted by molar-refractivity contribution is 9.10. The topological polar surface area (TPSA) is 55.1 Å². The Kier molecular flexibility index (Phi) is 4.37. The molecule has 2 aromatic rings. The van der Waals surface area contributed by atoms with E-state index < -0.39 is 0 Å². The van der Waals surface area contributed by atoms with Crippen molar-refractivity contribution in [2.45, 2.75) is 26.8 Å². The van der Waals surface area contributed by atoms with Gasteiger partial charge in [0.1, 0.15) is 5.76 Å². The molecule has 0 spiro atoms. The minimum absolute atomic E-state index is 0.130. The highest BCUT2D eigenvalue weighted by atomic mass is 79.9. The molecule has 0 unspecified atom stereocenters. The summed E-state index contributed by atoms with van der Waals surface area (Å²) in [6.45, 7) is 4.19. The molecule has 19 heavy (non-hydrogen) atoms. The summed E-state index contributed by atoms with van der Waals surface area (Å²) in [4.78, 5) is 16.2. The fourth-order valence-electron chi connectivity index (χ4n) is 1.68. The smallest absolute Gasteiger partial charge is 0.252 e. The standard InChI is InChI=1S/C14H15BrN2O2/c1-3-11-7-16-13(19-11)8-17-14(18)12-6-10(15)5-4-9(12)2/h4-7H,3,8H2,1-2H3,(H,17,18). The lowest BCUT2D eigenvalue weighted by Gasteiger charge is -2.06. The molecule has 0 aliphatic heterocycles. The van der Waals surface area contributed by atoms with E-state index in [1.807, 2.05) is 26.0 Å². The zero-order valence-corrected chi connectivity index (χ0v) is 12.5. The first-order valence-corrected chi connectivity index (χ1v) is 6.87. The number of rotatable bonds is 4. The molecule has 5 heteroatoms. The first-order valence-electron chi connectivity index (χ1n) is 6.08. The summed E-state index contributed by atoms with van der Waals surface area (Å²) in [5, 5.41) is 2.80. The van der Waals surface area contributed by atoms with Crippen LogP contribution in [0.1, 0.15) is 34.5 Å². The van der Waals surface area contributed by atoms with Gasteiger partial charge in [-0.05, 0) is 24.6 Å². The van der Waals surface area contributed by atoms with Crippen LogP contribution in [-0.4, -0.2) is 10.9 Å². The molecule has 0 bridgehead atoms. The molecular formula is C14H15BrN2O2. The van der Waals surface area contributed by atoms with Gasteiger partial charge in [0.15, 0.2) is 0 Å². The van der Waals surface area contributed by atoms with Crippen molar-refractivity contribution in [3.8, 4) is 0 Å². The molecule has 1 heterocycles. The Labute approximate surface area is 120 Å². The number of aromatic nitrogens is 1. The number of hydrogen-bond acceptors (Lipinski definition) is 3. The van der Waals surface area contributed by atoms with Crippen LogP contribution >= 0.6 is 15.9 Å². The number of amides is 1. The van der Waals surface area contributed by atoms with Crippen LogP contribution < -0.4 is 5.32 Å². The van der Waals surface area contributed by atoms with E-state index in [4.69, 9.17) is 4.42 Å². The third kappa shape index (κ3) is 3.44. The number of carbonyl (C=O) groups excluding carboxylic acids is 1. The Morgan fingerprint density at radius 3 is 2.95 bits per heavy atom. The van der Waals surface area contributed by atoms with Gasteiger partial charge >= 0.3 is 0 Å². The van der Waals surface area contributed by atoms with Crippen molar-refractivity contribution in [1.29, 1.82) is 0 Å². The number of halogens is 1. The second-order valence-electron chi connectivity index (χ2n) is 4.22. The third-order valence-corrected chi connectivity index (χ3v) is 3.29. The Bertz CT molecular complexity index is 593. The Balaban J connectivity index is 2.03. The van der Waals surface area contributed by atoms with E-state index in [0.29, 0.717) is 18.0 Å². The van der Waals surface area contributed by atoms with Gasteiger partial charge in [0.2, 0.25) is 5.89 Å². The van der Waals surface area contributed by atoms with Crippen molar-refractivity contribution < 1.29 is 9.21 Å². The fraction of sp³-hybridized carbons (Fsp3) is 0.286. The molecule has 1 aromatic carbocycles. The third-order valence-electron chi connectivity index (χ3n) is 2.79. The number of hydrogen-bond donors (Lipinski definition) is 1. The second kappa shape index (κ2) is 6.02. The molecule has 0 saturated heterocycles. The second-order valence-corrected chi connectivity index (χ2v) is 5.13. The highest BCUT2D eigenvalue weighted by Gasteiger charge is 2.10. The maximum absolute atomic E-state index is 12.1. The maximum atomic E-state index is 12.1. The molecule has 0 atom stereocenters. The van der Waals surface area contributed by atoms with Gasteiger partial charge < -0.3 is 9.73 Å². The fourth-order valence-corrected chi connectivity index (χ4v) is 2.04. The van der Waals surface area contributed by atoms with Gasteiger partial charge in [0.25, 0.3) is 5.91 Å². The summed E-state index contributed by atoms with van der Waals surface area (Å²) in [5.41, 5.74) is 1.58. The molecule has 0 radical (unpaired) electrons. The summed E-state index contributed by atoms with van der Waals surface area (Å²) in [7, 11) is 0. The van der Waals surface area contributed by atoms with Crippen LogP contribution in [0.5, 0.6) is 0 Å². The lowest BCUT2D eigenvalue weighted by molar-refractivity contribution is 0.0946. The van der Waals surface area contributed by atoms with Crippen molar-refractivity contribution >= 4 is 21.8 Å². The lowest BCUT2D eigenvalue weighted by Crippen LogP contribution is -2.23. The largest absolute Gasteiger partial charge is 0.444 e. The van der Waals surface area contributed by atoms with Crippen molar-refractivity contribution in [3.05, 3.63) is 51.6 Å². The van der Waals surface area contributed by atoms with Gasteiger partial charge in [-0.3, -0.25) is 4.79 Å². The van der Waals surface area contributed by atoms with E-state index in [2.05, 4.69) is 26.2 Å². The summed E-state index contributed by atoms with van der Waals surface area (Å²) in [6, 6.07) is 5.62. The first-order chi connectivity index (χ1) is 9.10. The molecule has 1 aromatic heterocycles. The van der Waals surface area contributed by atoms with E-state index in [9.17, 15) is 4.79 Å². The average molecular weight is 323 g/mol. The summed E-state index contributed by atoms with van der Waals surface area (Å²) in [6.07, 6.45) is 2.48.